The Morgan fingerprint density at radius 2 is 1.73 bits per heavy atom. The van der Waals surface area contributed by atoms with Crippen LogP contribution in [0.15, 0.2) is 0 Å². The first-order valence-electron chi connectivity index (χ1n) is 5.61. The summed E-state index contributed by atoms with van der Waals surface area (Å²) in [6.07, 6.45) is 1.04. The molecular formula is C12H25NO2. The maximum Gasteiger partial charge on any atom is 0.325 e. The summed E-state index contributed by atoms with van der Waals surface area (Å²) in [6.45, 7) is 13.4. The molecule has 1 N–H and O–H groups in total. The molecular weight excluding hydrogens is 190 g/mol. The van der Waals surface area contributed by atoms with Crippen molar-refractivity contribution in [1.29, 1.82) is 0 Å². The van der Waals surface area contributed by atoms with Crippen LogP contribution >= 0.6 is 0 Å². The van der Waals surface area contributed by atoms with E-state index in [1.165, 1.54) is 0 Å². The molecule has 0 aromatic heterocycles. The standard InChI is InChI=1S/C12H25NO2/c1-7-15-10(14)12(5,6)13-9-8-11(2,3)4/h13H,7-9H2,1-6H3. The third-order valence-corrected chi connectivity index (χ3v) is 2.23. The van der Waals surface area contributed by atoms with Crippen LogP contribution in [0.1, 0.15) is 48.0 Å². The highest BCUT2D eigenvalue weighted by atomic mass is 16.5. The van der Waals surface area contributed by atoms with Gasteiger partial charge in [-0.1, -0.05) is 20.8 Å². The molecule has 0 aliphatic heterocycles. The molecule has 3 nitrogen and oxygen atoms in total. The van der Waals surface area contributed by atoms with Gasteiger partial charge in [-0.3, -0.25) is 4.79 Å². The van der Waals surface area contributed by atoms with E-state index in [0.29, 0.717) is 6.61 Å². The minimum atomic E-state index is -0.582. The molecule has 0 heterocycles. The van der Waals surface area contributed by atoms with E-state index >= 15 is 0 Å². The Morgan fingerprint density at radius 1 is 1.20 bits per heavy atom. The first-order valence-corrected chi connectivity index (χ1v) is 5.61. The second-order valence-corrected chi connectivity index (χ2v) is 5.58. The number of hydrogen-bond acceptors (Lipinski definition) is 3. The SMILES string of the molecule is CCOC(=O)C(C)(C)NCCC(C)(C)C. The molecule has 0 amide bonds. The summed E-state index contributed by atoms with van der Waals surface area (Å²) in [5.41, 5.74) is -0.293. The van der Waals surface area contributed by atoms with E-state index in [-0.39, 0.29) is 11.4 Å². The van der Waals surface area contributed by atoms with Gasteiger partial charge in [-0.05, 0) is 39.2 Å². The Balaban J connectivity index is 3.99. The zero-order chi connectivity index (χ0) is 12.1. The van der Waals surface area contributed by atoms with E-state index in [2.05, 4.69) is 26.1 Å². The van der Waals surface area contributed by atoms with Crippen LogP contribution in [0, 0.1) is 5.41 Å². The molecule has 0 fully saturated rings. The number of esters is 1. The van der Waals surface area contributed by atoms with Crippen molar-refractivity contribution in [1.82, 2.24) is 5.32 Å². The molecule has 90 valence electrons. The van der Waals surface area contributed by atoms with Crippen molar-refractivity contribution in [3.63, 3.8) is 0 Å². The number of hydrogen-bond donors (Lipinski definition) is 1. The first kappa shape index (κ1) is 14.4. The normalized spacial score (nSPS) is 12.7. The highest BCUT2D eigenvalue weighted by molar-refractivity contribution is 5.79. The van der Waals surface area contributed by atoms with Crippen LogP contribution < -0.4 is 5.32 Å². The van der Waals surface area contributed by atoms with Crippen LogP contribution in [0.3, 0.4) is 0 Å². The van der Waals surface area contributed by atoms with Crippen molar-refractivity contribution in [3.8, 4) is 0 Å². The van der Waals surface area contributed by atoms with Gasteiger partial charge in [0.1, 0.15) is 5.54 Å². The number of rotatable bonds is 5. The van der Waals surface area contributed by atoms with Crippen LogP contribution in [0.4, 0.5) is 0 Å². The molecule has 0 bridgehead atoms. The topological polar surface area (TPSA) is 38.3 Å². The second kappa shape index (κ2) is 5.50. The summed E-state index contributed by atoms with van der Waals surface area (Å²) < 4.78 is 4.99. The Kier molecular flexibility index (Phi) is 5.29. The van der Waals surface area contributed by atoms with Crippen molar-refractivity contribution >= 4 is 5.97 Å². The van der Waals surface area contributed by atoms with Gasteiger partial charge in [-0.25, -0.2) is 0 Å². The summed E-state index contributed by atoms with van der Waals surface area (Å²) >= 11 is 0. The summed E-state index contributed by atoms with van der Waals surface area (Å²) in [5, 5.41) is 3.23. The monoisotopic (exact) mass is 215 g/mol. The van der Waals surface area contributed by atoms with Gasteiger partial charge in [0.2, 0.25) is 0 Å². The Hall–Kier alpha value is -0.570. The minimum Gasteiger partial charge on any atom is -0.465 e. The quantitative estimate of drug-likeness (QED) is 0.715. The lowest BCUT2D eigenvalue weighted by Gasteiger charge is -2.26. The summed E-state index contributed by atoms with van der Waals surface area (Å²) in [6, 6.07) is 0. The maximum atomic E-state index is 11.5. The van der Waals surface area contributed by atoms with Gasteiger partial charge in [0.05, 0.1) is 6.61 Å². The van der Waals surface area contributed by atoms with E-state index in [9.17, 15) is 4.79 Å². The molecule has 0 atom stereocenters. The molecule has 3 heteroatoms. The second-order valence-electron chi connectivity index (χ2n) is 5.58. The Bertz CT molecular complexity index is 204. The lowest BCUT2D eigenvalue weighted by molar-refractivity contribution is -0.149. The molecule has 15 heavy (non-hydrogen) atoms. The highest BCUT2D eigenvalue weighted by Crippen LogP contribution is 2.18. The molecule has 0 unspecified atom stereocenters. The largest absolute Gasteiger partial charge is 0.465 e. The highest BCUT2D eigenvalue weighted by Gasteiger charge is 2.28. The van der Waals surface area contributed by atoms with Gasteiger partial charge < -0.3 is 10.1 Å². The predicted molar refractivity (Wildman–Crippen MR) is 62.8 cm³/mol. The van der Waals surface area contributed by atoms with Crippen molar-refractivity contribution in [2.24, 2.45) is 5.41 Å². The molecule has 0 aliphatic rings. The molecule has 0 aromatic carbocycles. The van der Waals surface area contributed by atoms with E-state index in [1.807, 2.05) is 20.8 Å². The molecule has 0 saturated carbocycles. The third-order valence-electron chi connectivity index (χ3n) is 2.23. The molecule has 0 aromatic rings. The van der Waals surface area contributed by atoms with Crippen LogP contribution in [0.25, 0.3) is 0 Å². The van der Waals surface area contributed by atoms with Crippen molar-refractivity contribution in [2.75, 3.05) is 13.2 Å². The summed E-state index contributed by atoms with van der Waals surface area (Å²) in [4.78, 5) is 11.5. The molecule has 0 saturated heterocycles. The number of nitrogens with one attached hydrogen (secondary N) is 1. The van der Waals surface area contributed by atoms with Gasteiger partial charge in [-0.2, -0.15) is 0 Å². The van der Waals surface area contributed by atoms with Crippen LogP contribution in [-0.2, 0) is 9.53 Å². The maximum absolute atomic E-state index is 11.5. The average molecular weight is 215 g/mol. The van der Waals surface area contributed by atoms with Crippen molar-refractivity contribution < 1.29 is 9.53 Å². The molecule has 0 radical (unpaired) electrons. The van der Waals surface area contributed by atoms with Crippen molar-refractivity contribution in [3.05, 3.63) is 0 Å². The Morgan fingerprint density at radius 3 is 2.13 bits per heavy atom. The van der Waals surface area contributed by atoms with E-state index in [1.54, 1.807) is 0 Å². The summed E-state index contributed by atoms with van der Waals surface area (Å²) in [5.74, 6) is -0.182. The fraction of sp³-hybridized carbons (Fsp3) is 0.917. The smallest absolute Gasteiger partial charge is 0.325 e. The zero-order valence-electron chi connectivity index (χ0n) is 10.9. The van der Waals surface area contributed by atoms with E-state index < -0.39 is 5.54 Å². The average Bonchev–Trinajstić information content (AvgIpc) is 2.01. The predicted octanol–water partition coefficient (Wildman–Crippen LogP) is 2.35. The molecule has 0 rings (SSSR count). The van der Waals surface area contributed by atoms with Gasteiger partial charge in [0, 0.05) is 0 Å². The van der Waals surface area contributed by atoms with E-state index in [0.717, 1.165) is 13.0 Å². The fourth-order valence-corrected chi connectivity index (χ4v) is 1.13. The fourth-order valence-electron chi connectivity index (χ4n) is 1.13. The lowest BCUT2D eigenvalue weighted by Crippen LogP contribution is -2.48. The van der Waals surface area contributed by atoms with Gasteiger partial charge >= 0.3 is 5.97 Å². The van der Waals surface area contributed by atoms with Crippen molar-refractivity contribution in [2.45, 2.75) is 53.5 Å². The first-order chi connectivity index (χ1) is 6.69. The minimum absolute atomic E-state index is 0.182. The summed E-state index contributed by atoms with van der Waals surface area (Å²) in [7, 11) is 0. The number of ether oxygens (including phenoxy) is 1. The molecule has 0 aliphatic carbocycles. The van der Waals surface area contributed by atoms with Crippen LogP contribution in [-0.4, -0.2) is 24.7 Å². The Labute approximate surface area is 93.6 Å². The zero-order valence-corrected chi connectivity index (χ0v) is 10.9. The number of carbonyl (C=O) groups excluding carboxylic acids is 1. The van der Waals surface area contributed by atoms with Gasteiger partial charge in [-0.15, -0.1) is 0 Å². The number of carbonyl (C=O) groups is 1. The third kappa shape index (κ3) is 6.50. The van der Waals surface area contributed by atoms with Gasteiger partial charge in [0.25, 0.3) is 0 Å². The van der Waals surface area contributed by atoms with Crippen LogP contribution in [0.5, 0.6) is 0 Å². The van der Waals surface area contributed by atoms with Crippen LogP contribution in [0.2, 0.25) is 0 Å². The molecule has 0 spiro atoms. The van der Waals surface area contributed by atoms with E-state index in [4.69, 9.17) is 4.74 Å². The van der Waals surface area contributed by atoms with Gasteiger partial charge in [0.15, 0.2) is 0 Å². The lowest BCUT2D eigenvalue weighted by atomic mass is 9.92.